The Morgan fingerprint density at radius 3 is 1.04 bits per heavy atom. The molecule has 0 radical (unpaired) electrons. The van der Waals surface area contributed by atoms with Gasteiger partial charge in [0.05, 0.1) is 0 Å². The third kappa shape index (κ3) is 6.09. The van der Waals surface area contributed by atoms with Crippen molar-refractivity contribution >= 4 is 87.0 Å². The van der Waals surface area contributed by atoms with Crippen LogP contribution in [-0.4, -0.2) is 0 Å². The molecule has 0 bridgehead atoms. The molecular weight excluding hydrogens is 873 g/mol. The maximum Gasteiger partial charge on any atom is 0.143 e. The molecule has 0 saturated heterocycles. The monoisotopic (exact) mass is 914 g/mol. The molecule has 0 spiro atoms. The number of rotatable bonds is 6. The van der Waals surface area contributed by atoms with Gasteiger partial charge in [-0.2, -0.15) is 0 Å². The van der Waals surface area contributed by atoms with Crippen LogP contribution in [0.15, 0.2) is 264 Å². The lowest BCUT2D eigenvalue weighted by molar-refractivity contribution is 0.669. The van der Waals surface area contributed by atoms with Crippen molar-refractivity contribution in [1.29, 1.82) is 0 Å². The molecule has 15 rings (SSSR count). The third-order valence-electron chi connectivity index (χ3n) is 15.1. The molecule has 0 aliphatic heterocycles. The number of furan rings is 2. The number of benzene rings is 13. The lowest BCUT2D eigenvalue weighted by atomic mass is 9.84. The average molecular weight is 915 g/mol. The molecule has 0 aliphatic rings. The van der Waals surface area contributed by atoms with Crippen molar-refractivity contribution in [2.45, 2.75) is 0 Å². The van der Waals surface area contributed by atoms with Gasteiger partial charge < -0.3 is 8.83 Å². The van der Waals surface area contributed by atoms with Gasteiger partial charge in [-0.1, -0.05) is 231 Å². The maximum absolute atomic E-state index is 6.91. The van der Waals surface area contributed by atoms with Crippen LogP contribution in [0.4, 0.5) is 0 Å². The summed E-state index contributed by atoms with van der Waals surface area (Å²) in [5.74, 6) is 0. The Bertz CT molecular complexity index is 4540. The van der Waals surface area contributed by atoms with Crippen molar-refractivity contribution in [3.8, 4) is 66.8 Å². The second kappa shape index (κ2) is 16.0. The van der Waals surface area contributed by atoms with Gasteiger partial charge in [0, 0.05) is 27.1 Å². The van der Waals surface area contributed by atoms with E-state index >= 15 is 0 Å². The van der Waals surface area contributed by atoms with Crippen molar-refractivity contribution < 1.29 is 8.83 Å². The first-order chi connectivity index (χ1) is 35.7. The van der Waals surface area contributed by atoms with Gasteiger partial charge in [-0.05, 0) is 129 Å². The van der Waals surface area contributed by atoms with E-state index in [4.69, 9.17) is 8.83 Å². The van der Waals surface area contributed by atoms with Crippen LogP contribution in [0.3, 0.4) is 0 Å². The summed E-state index contributed by atoms with van der Waals surface area (Å²) >= 11 is 0. The summed E-state index contributed by atoms with van der Waals surface area (Å²) in [5.41, 5.74) is 17.8. The van der Waals surface area contributed by atoms with E-state index < -0.39 is 0 Å². The van der Waals surface area contributed by atoms with Crippen molar-refractivity contribution in [3.05, 3.63) is 255 Å². The summed E-state index contributed by atoms with van der Waals surface area (Å²) in [6, 6.07) is 92.3. The normalized spacial score (nSPS) is 11.9. The molecule has 2 aromatic heterocycles. The van der Waals surface area contributed by atoms with Crippen molar-refractivity contribution in [3.63, 3.8) is 0 Å². The lowest BCUT2D eigenvalue weighted by Crippen LogP contribution is -1.92. The Balaban J connectivity index is 0.835. The number of hydrogen-bond acceptors (Lipinski definition) is 2. The fraction of sp³-hybridized carbons (Fsp3) is 0. The number of para-hydroxylation sites is 2. The van der Waals surface area contributed by atoms with E-state index in [0.29, 0.717) is 0 Å². The topological polar surface area (TPSA) is 26.3 Å². The molecule has 334 valence electrons. The quantitative estimate of drug-likeness (QED) is 0.155. The van der Waals surface area contributed by atoms with Gasteiger partial charge in [-0.3, -0.25) is 0 Å². The van der Waals surface area contributed by atoms with Gasteiger partial charge in [0.1, 0.15) is 22.3 Å². The summed E-state index contributed by atoms with van der Waals surface area (Å²) in [5, 5.41) is 14.3. The molecule has 0 saturated carbocycles. The largest absolute Gasteiger partial charge is 0.456 e. The Hall–Kier alpha value is -9.50. The molecule has 2 nitrogen and oxygen atoms in total. The van der Waals surface area contributed by atoms with Gasteiger partial charge in [0.25, 0.3) is 0 Å². The zero-order valence-corrected chi connectivity index (χ0v) is 39.1. The van der Waals surface area contributed by atoms with Crippen LogP contribution in [0, 0.1) is 0 Å². The third-order valence-corrected chi connectivity index (χ3v) is 15.1. The average Bonchev–Trinajstić information content (AvgIpc) is 4.04. The van der Waals surface area contributed by atoms with E-state index in [1.807, 2.05) is 6.07 Å². The summed E-state index contributed by atoms with van der Waals surface area (Å²) in [4.78, 5) is 0. The highest BCUT2D eigenvalue weighted by molar-refractivity contribution is 6.28. The lowest BCUT2D eigenvalue weighted by Gasteiger charge is -2.19. The Kier molecular flexibility index (Phi) is 8.99. The zero-order valence-electron chi connectivity index (χ0n) is 39.1. The zero-order chi connectivity index (χ0) is 47.3. The fourth-order valence-electron chi connectivity index (χ4n) is 12.0. The Morgan fingerprint density at radius 2 is 0.528 bits per heavy atom. The van der Waals surface area contributed by atoms with Crippen molar-refractivity contribution in [2.75, 3.05) is 0 Å². The molecule has 0 unspecified atom stereocenters. The molecule has 0 amide bonds. The highest BCUT2D eigenvalue weighted by Crippen LogP contribution is 2.50. The van der Waals surface area contributed by atoms with Crippen LogP contribution in [-0.2, 0) is 0 Å². The minimum absolute atomic E-state index is 0.881. The first kappa shape index (κ1) is 40.4. The van der Waals surface area contributed by atoms with E-state index in [-0.39, 0.29) is 0 Å². The molecule has 2 heterocycles. The highest BCUT2D eigenvalue weighted by Gasteiger charge is 2.24. The Labute approximate surface area is 415 Å². The highest BCUT2D eigenvalue weighted by atomic mass is 16.3. The van der Waals surface area contributed by atoms with E-state index in [1.54, 1.807) is 0 Å². The molecule has 0 aliphatic carbocycles. The van der Waals surface area contributed by atoms with Gasteiger partial charge >= 0.3 is 0 Å². The maximum atomic E-state index is 6.91. The van der Waals surface area contributed by atoms with Gasteiger partial charge in [-0.25, -0.2) is 0 Å². The predicted molar refractivity (Wildman–Crippen MR) is 304 cm³/mol. The molecule has 0 fully saturated rings. The molecule has 0 N–H and O–H groups in total. The van der Waals surface area contributed by atoms with Crippen LogP contribution >= 0.6 is 0 Å². The summed E-state index contributed by atoms with van der Waals surface area (Å²) in [7, 11) is 0. The second-order valence-corrected chi connectivity index (χ2v) is 18.9. The first-order valence-electron chi connectivity index (χ1n) is 24.7. The van der Waals surface area contributed by atoms with Gasteiger partial charge in [0.15, 0.2) is 0 Å². The van der Waals surface area contributed by atoms with Crippen molar-refractivity contribution in [2.24, 2.45) is 0 Å². The van der Waals surface area contributed by atoms with Crippen LogP contribution < -0.4 is 0 Å². The van der Waals surface area contributed by atoms with Crippen LogP contribution in [0.5, 0.6) is 0 Å². The molecular formula is C70H42O2. The van der Waals surface area contributed by atoms with Gasteiger partial charge in [0.2, 0.25) is 0 Å². The molecule has 72 heavy (non-hydrogen) atoms. The van der Waals surface area contributed by atoms with E-state index in [1.165, 1.54) is 87.6 Å². The molecule has 13 aromatic carbocycles. The number of fused-ring (bicyclic) bond motifs is 10. The predicted octanol–water partition coefficient (Wildman–Crippen LogP) is 20.1. The Morgan fingerprint density at radius 1 is 0.181 bits per heavy atom. The minimum atomic E-state index is 0.881. The summed E-state index contributed by atoms with van der Waals surface area (Å²) in [6.45, 7) is 0. The summed E-state index contributed by atoms with van der Waals surface area (Å²) in [6.07, 6.45) is 0. The summed E-state index contributed by atoms with van der Waals surface area (Å²) < 4.78 is 13.3. The van der Waals surface area contributed by atoms with Crippen LogP contribution in [0.2, 0.25) is 0 Å². The first-order valence-corrected chi connectivity index (χ1v) is 24.7. The molecule has 2 heteroatoms. The standard InChI is InChI=1S/C70H42O2/c1-2-17-46(18-3-1)64-49-19-4-10-25-55(49)67(56-26-11-5-20-50(56)64)60-42-41-48(70-69(60)58-28-13-15-31-62(58)72-70)45-37-33-43(34-38-45)44-35-39-47(40-36-44)65-51-21-6-8-23-53(51)66(54-24-9-7-22-52(54)65)59-29-16-32-63-68(59)57-27-12-14-30-61(57)71-63/h1-42H. The van der Waals surface area contributed by atoms with Crippen LogP contribution in [0.25, 0.3) is 154 Å². The fourth-order valence-corrected chi connectivity index (χ4v) is 12.0. The smallest absolute Gasteiger partial charge is 0.143 e. The van der Waals surface area contributed by atoms with Gasteiger partial charge in [-0.15, -0.1) is 0 Å². The number of hydrogen-bond donors (Lipinski definition) is 0. The van der Waals surface area contributed by atoms with E-state index in [9.17, 15) is 0 Å². The SMILES string of the molecule is c1ccc(-c2c3ccccc3c(-c3ccc(-c4ccc(-c5ccc(-c6c7ccccc7c(-c7cccc8oc9ccccc9c78)c7ccccc67)cc5)cc4)c4oc5ccccc5c34)c3ccccc23)cc1. The minimum Gasteiger partial charge on any atom is -0.456 e. The second-order valence-electron chi connectivity index (χ2n) is 18.9. The van der Waals surface area contributed by atoms with E-state index in [0.717, 1.165) is 66.1 Å². The van der Waals surface area contributed by atoms with Crippen molar-refractivity contribution in [1.82, 2.24) is 0 Å². The van der Waals surface area contributed by atoms with Crippen LogP contribution in [0.1, 0.15) is 0 Å². The molecule has 0 atom stereocenters. The van der Waals surface area contributed by atoms with E-state index in [2.05, 4.69) is 249 Å². The molecule has 15 aromatic rings.